The first-order chi connectivity index (χ1) is 3.93. The smallest absolute Gasteiger partial charge is 0.205 e. The Kier molecular flexibility index (Phi) is 4.35. The van der Waals surface area contributed by atoms with Crippen molar-refractivity contribution in [3.63, 3.8) is 0 Å². The third kappa shape index (κ3) is 2.62. The second kappa shape index (κ2) is 4.52. The topological polar surface area (TPSA) is 37.8 Å². The normalized spacial score (nSPS) is 8.11. The van der Waals surface area contributed by atoms with Crippen LogP contribution in [0.15, 0.2) is 5.51 Å². The summed E-state index contributed by atoms with van der Waals surface area (Å²) in [7, 11) is 0. The molecule has 0 unspecified atom stereocenters. The summed E-state index contributed by atoms with van der Waals surface area (Å²) in [4.78, 5) is 0. The third-order valence-electron chi connectivity index (χ3n) is 0.688. The average molecular weight is 166 g/mol. The van der Waals surface area contributed by atoms with Crippen LogP contribution in [0, 0.1) is 0 Å². The molecule has 1 aromatic rings. The molecular weight excluding hydrogens is 158 g/mol. The molecule has 0 radical (unpaired) electrons. The Balaban J connectivity index is 0.000000640. The van der Waals surface area contributed by atoms with Crippen LogP contribution in [-0.2, 0) is 0 Å². The Morgan fingerprint density at radius 3 is 3.00 bits per heavy atom. The second-order valence-corrected chi connectivity index (χ2v) is 2.11. The molecule has 5 heteroatoms. The number of hydrogen-bond acceptors (Lipinski definition) is 4. The van der Waals surface area contributed by atoms with Crippen molar-refractivity contribution in [1.29, 1.82) is 0 Å². The fraction of sp³-hybridized carbons (Fsp3) is 0.500. The molecule has 9 heavy (non-hydrogen) atoms. The van der Waals surface area contributed by atoms with Gasteiger partial charge in [-0.3, -0.25) is 0 Å². The maximum Gasteiger partial charge on any atom is 0.205 e. The summed E-state index contributed by atoms with van der Waals surface area (Å²) in [6, 6.07) is 0. The highest BCUT2D eigenvalue weighted by molar-refractivity contribution is 7.13. The maximum absolute atomic E-state index is 3.76. The van der Waals surface area contributed by atoms with Crippen molar-refractivity contribution >= 4 is 28.9 Å². The van der Waals surface area contributed by atoms with Crippen LogP contribution in [-0.4, -0.2) is 16.7 Å². The predicted octanol–water partition coefficient (Wildman–Crippen LogP) is 1.39. The van der Waals surface area contributed by atoms with E-state index in [4.69, 9.17) is 0 Å². The standard InChI is InChI=1S/C4H7N3S.ClH/c1-2-5-4-7-6-3-8-4;/h3H,2H2,1H3,(H,5,7);1H. The molecule has 52 valence electrons. The quantitative estimate of drug-likeness (QED) is 0.720. The third-order valence-corrected chi connectivity index (χ3v) is 1.34. The number of rotatable bonds is 2. The van der Waals surface area contributed by atoms with Crippen LogP contribution >= 0.6 is 23.7 Å². The lowest BCUT2D eigenvalue weighted by atomic mass is 10.8. The lowest BCUT2D eigenvalue weighted by molar-refractivity contribution is 1.07. The highest BCUT2D eigenvalue weighted by atomic mass is 35.5. The van der Waals surface area contributed by atoms with E-state index >= 15 is 0 Å². The maximum atomic E-state index is 3.76. The summed E-state index contributed by atoms with van der Waals surface area (Å²) in [5.74, 6) is 0. The largest absolute Gasteiger partial charge is 0.360 e. The molecule has 0 atom stereocenters. The van der Waals surface area contributed by atoms with Crippen molar-refractivity contribution in [3.05, 3.63) is 5.51 Å². The Hall–Kier alpha value is -0.350. The molecule has 1 heterocycles. The van der Waals surface area contributed by atoms with Crippen molar-refractivity contribution in [2.45, 2.75) is 6.92 Å². The van der Waals surface area contributed by atoms with E-state index in [9.17, 15) is 0 Å². The van der Waals surface area contributed by atoms with E-state index in [0.717, 1.165) is 11.7 Å². The van der Waals surface area contributed by atoms with Gasteiger partial charge in [-0.2, -0.15) is 0 Å². The van der Waals surface area contributed by atoms with Crippen LogP contribution in [0.4, 0.5) is 5.13 Å². The molecule has 0 aliphatic carbocycles. The molecule has 1 aromatic heterocycles. The van der Waals surface area contributed by atoms with E-state index in [0.29, 0.717) is 0 Å². The minimum absolute atomic E-state index is 0. The van der Waals surface area contributed by atoms with Gasteiger partial charge in [0.25, 0.3) is 0 Å². The minimum atomic E-state index is 0. The van der Waals surface area contributed by atoms with Gasteiger partial charge in [-0.05, 0) is 6.92 Å². The molecule has 0 spiro atoms. The number of nitrogens with zero attached hydrogens (tertiary/aromatic N) is 2. The number of halogens is 1. The highest BCUT2D eigenvalue weighted by Gasteiger charge is 1.87. The Morgan fingerprint density at radius 2 is 2.56 bits per heavy atom. The molecular formula is C4H8ClN3S. The first kappa shape index (κ1) is 8.65. The van der Waals surface area contributed by atoms with Crippen LogP contribution in [0.3, 0.4) is 0 Å². The molecule has 1 N–H and O–H groups in total. The summed E-state index contributed by atoms with van der Waals surface area (Å²) in [6.45, 7) is 2.94. The molecule has 0 aliphatic heterocycles. The molecule has 0 amide bonds. The predicted molar refractivity (Wildman–Crippen MR) is 41.3 cm³/mol. The number of anilines is 1. The number of nitrogens with one attached hydrogen (secondary N) is 1. The van der Waals surface area contributed by atoms with E-state index in [-0.39, 0.29) is 12.4 Å². The van der Waals surface area contributed by atoms with Gasteiger partial charge in [-0.1, -0.05) is 11.3 Å². The van der Waals surface area contributed by atoms with Gasteiger partial charge in [0.15, 0.2) is 0 Å². The van der Waals surface area contributed by atoms with Gasteiger partial charge >= 0.3 is 0 Å². The lowest BCUT2D eigenvalue weighted by Gasteiger charge is -1.90. The Labute approximate surface area is 63.9 Å². The van der Waals surface area contributed by atoms with Gasteiger partial charge in [0, 0.05) is 6.54 Å². The molecule has 3 nitrogen and oxygen atoms in total. The van der Waals surface area contributed by atoms with E-state index in [2.05, 4.69) is 15.5 Å². The SMILES string of the molecule is CCNc1nncs1.Cl. The number of aromatic nitrogens is 2. The van der Waals surface area contributed by atoms with Crippen LogP contribution in [0.2, 0.25) is 0 Å². The van der Waals surface area contributed by atoms with Gasteiger partial charge in [0.05, 0.1) is 0 Å². The minimum Gasteiger partial charge on any atom is -0.360 e. The van der Waals surface area contributed by atoms with Crippen LogP contribution < -0.4 is 5.32 Å². The van der Waals surface area contributed by atoms with Gasteiger partial charge in [0.2, 0.25) is 5.13 Å². The molecule has 0 bridgehead atoms. The van der Waals surface area contributed by atoms with Crippen molar-refractivity contribution in [2.75, 3.05) is 11.9 Å². The van der Waals surface area contributed by atoms with Crippen LogP contribution in [0.25, 0.3) is 0 Å². The van der Waals surface area contributed by atoms with Gasteiger partial charge in [-0.15, -0.1) is 22.6 Å². The van der Waals surface area contributed by atoms with Crippen molar-refractivity contribution in [2.24, 2.45) is 0 Å². The monoisotopic (exact) mass is 165 g/mol. The zero-order valence-corrected chi connectivity index (χ0v) is 6.63. The fourth-order valence-corrected chi connectivity index (χ4v) is 0.917. The summed E-state index contributed by atoms with van der Waals surface area (Å²) >= 11 is 1.51. The molecule has 1 rings (SSSR count). The first-order valence-corrected chi connectivity index (χ1v) is 3.31. The van der Waals surface area contributed by atoms with E-state index in [1.807, 2.05) is 6.92 Å². The average Bonchev–Trinajstić information content (AvgIpc) is 2.19. The van der Waals surface area contributed by atoms with Crippen molar-refractivity contribution in [3.8, 4) is 0 Å². The van der Waals surface area contributed by atoms with Gasteiger partial charge in [0.1, 0.15) is 5.51 Å². The summed E-state index contributed by atoms with van der Waals surface area (Å²) in [5, 5.41) is 11.3. The summed E-state index contributed by atoms with van der Waals surface area (Å²) < 4.78 is 0. The van der Waals surface area contributed by atoms with E-state index in [1.165, 1.54) is 11.3 Å². The zero-order chi connectivity index (χ0) is 5.82. The fourth-order valence-electron chi connectivity index (χ4n) is 0.401. The molecule has 0 saturated carbocycles. The molecule has 0 aromatic carbocycles. The first-order valence-electron chi connectivity index (χ1n) is 2.43. The molecule has 0 fully saturated rings. The zero-order valence-electron chi connectivity index (χ0n) is 5.00. The van der Waals surface area contributed by atoms with Crippen molar-refractivity contribution in [1.82, 2.24) is 10.2 Å². The number of hydrogen-bond donors (Lipinski definition) is 1. The molecule has 0 aliphatic rings. The Morgan fingerprint density at radius 1 is 1.78 bits per heavy atom. The van der Waals surface area contributed by atoms with Gasteiger partial charge < -0.3 is 5.32 Å². The van der Waals surface area contributed by atoms with Crippen molar-refractivity contribution < 1.29 is 0 Å². The summed E-state index contributed by atoms with van der Waals surface area (Å²) in [6.07, 6.45) is 0. The Bertz CT molecular complexity index is 142. The van der Waals surface area contributed by atoms with E-state index in [1.54, 1.807) is 5.51 Å². The highest BCUT2D eigenvalue weighted by Crippen LogP contribution is 2.05. The van der Waals surface area contributed by atoms with Crippen LogP contribution in [0.1, 0.15) is 6.92 Å². The second-order valence-electron chi connectivity index (χ2n) is 1.27. The lowest BCUT2D eigenvalue weighted by Crippen LogP contribution is -1.94. The van der Waals surface area contributed by atoms with E-state index < -0.39 is 0 Å². The summed E-state index contributed by atoms with van der Waals surface area (Å²) in [5.41, 5.74) is 1.71. The molecule has 0 saturated heterocycles. The van der Waals surface area contributed by atoms with Gasteiger partial charge in [-0.25, -0.2) is 0 Å². The van der Waals surface area contributed by atoms with Crippen LogP contribution in [0.5, 0.6) is 0 Å².